The molecule has 148 valence electrons. The molecular weight excluding hydrogens is 368 g/mol. The van der Waals surface area contributed by atoms with Crippen LogP contribution in [0.2, 0.25) is 0 Å². The number of carbonyl (C=O) groups excluding carboxylic acids is 2. The highest BCUT2D eigenvalue weighted by Crippen LogP contribution is 2.28. The molecule has 3 rings (SSSR count). The summed E-state index contributed by atoms with van der Waals surface area (Å²) in [6, 6.07) is 19.3. The summed E-state index contributed by atoms with van der Waals surface area (Å²) < 4.78 is 10.4. The first kappa shape index (κ1) is 19.9. The minimum Gasteiger partial charge on any atom is -0.493 e. The van der Waals surface area contributed by atoms with E-state index in [4.69, 9.17) is 9.47 Å². The van der Waals surface area contributed by atoms with Gasteiger partial charge in [-0.3, -0.25) is 9.59 Å². The lowest BCUT2D eigenvalue weighted by Crippen LogP contribution is -2.14. The Hall–Kier alpha value is -3.80. The summed E-state index contributed by atoms with van der Waals surface area (Å²) in [7, 11) is 3.06. The van der Waals surface area contributed by atoms with E-state index in [1.165, 1.54) is 7.11 Å². The average molecular weight is 390 g/mol. The molecule has 0 unspecified atom stereocenters. The van der Waals surface area contributed by atoms with Gasteiger partial charge in [-0.2, -0.15) is 0 Å². The first-order valence-corrected chi connectivity index (χ1v) is 9.02. The quantitative estimate of drug-likeness (QED) is 0.649. The molecule has 3 aromatic rings. The predicted octanol–water partition coefficient (Wildman–Crippen LogP) is 4.52. The lowest BCUT2D eigenvalue weighted by atomic mass is 10.1. The van der Waals surface area contributed by atoms with Gasteiger partial charge in [0.15, 0.2) is 11.5 Å². The summed E-state index contributed by atoms with van der Waals surface area (Å²) >= 11 is 0. The molecule has 6 heteroatoms. The number of carbonyl (C=O) groups is 2. The van der Waals surface area contributed by atoms with Crippen molar-refractivity contribution in [2.75, 3.05) is 24.9 Å². The fraction of sp³-hybridized carbons (Fsp3) is 0.130. The molecule has 0 aliphatic rings. The number of nitrogens with one attached hydrogen (secondary N) is 2. The van der Waals surface area contributed by atoms with Crippen LogP contribution in [0.1, 0.15) is 26.3 Å². The number of hydrogen-bond donors (Lipinski definition) is 2. The zero-order valence-electron chi connectivity index (χ0n) is 16.5. The predicted molar refractivity (Wildman–Crippen MR) is 113 cm³/mol. The van der Waals surface area contributed by atoms with Crippen LogP contribution in [-0.4, -0.2) is 26.0 Å². The normalized spacial score (nSPS) is 10.2. The molecule has 3 aromatic carbocycles. The summed E-state index contributed by atoms with van der Waals surface area (Å²) in [4.78, 5) is 24.9. The summed E-state index contributed by atoms with van der Waals surface area (Å²) in [6.07, 6.45) is 0. The summed E-state index contributed by atoms with van der Waals surface area (Å²) in [5.41, 5.74) is 3.17. The van der Waals surface area contributed by atoms with E-state index in [1.807, 2.05) is 25.1 Å². The molecule has 0 fully saturated rings. The Labute approximate surface area is 169 Å². The molecular formula is C23H22N2O4. The van der Waals surface area contributed by atoms with Crippen molar-refractivity contribution in [3.05, 3.63) is 83.4 Å². The third-order valence-corrected chi connectivity index (χ3v) is 4.41. The number of rotatable bonds is 6. The van der Waals surface area contributed by atoms with Crippen molar-refractivity contribution in [1.82, 2.24) is 0 Å². The molecule has 0 aliphatic heterocycles. The van der Waals surface area contributed by atoms with Crippen molar-refractivity contribution >= 4 is 23.2 Å². The van der Waals surface area contributed by atoms with Gasteiger partial charge in [0.1, 0.15) is 0 Å². The lowest BCUT2D eigenvalue weighted by Gasteiger charge is -2.12. The smallest absolute Gasteiger partial charge is 0.255 e. The van der Waals surface area contributed by atoms with Gasteiger partial charge in [0.05, 0.1) is 14.2 Å². The molecule has 0 saturated carbocycles. The Morgan fingerprint density at radius 2 is 1.41 bits per heavy atom. The summed E-state index contributed by atoms with van der Waals surface area (Å²) in [5.74, 6) is 0.580. The molecule has 2 N–H and O–H groups in total. The average Bonchev–Trinajstić information content (AvgIpc) is 2.75. The van der Waals surface area contributed by atoms with E-state index in [9.17, 15) is 9.59 Å². The van der Waals surface area contributed by atoms with Crippen molar-refractivity contribution in [2.45, 2.75) is 6.92 Å². The monoisotopic (exact) mass is 390 g/mol. The number of methoxy groups -OCH3 is 2. The van der Waals surface area contributed by atoms with Gasteiger partial charge in [-0.1, -0.05) is 18.2 Å². The third-order valence-electron chi connectivity index (χ3n) is 4.41. The number of ether oxygens (including phenoxy) is 2. The third kappa shape index (κ3) is 4.73. The molecule has 0 atom stereocenters. The Morgan fingerprint density at radius 3 is 2.07 bits per heavy atom. The molecule has 0 aliphatic carbocycles. The van der Waals surface area contributed by atoms with Crippen LogP contribution < -0.4 is 20.1 Å². The molecule has 0 bridgehead atoms. The molecule has 0 spiro atoms. The maximum absolute atomic E-state index is 12.6. The number of anilines is 2. The molecule has 6 nitrogen and oxygen atoms in total. The highest BCUT2D eigenvalue weighted by Gasteiger charge is 2.12. The summed E-state index contributed by atoms with van der Waals surface area (Å²) in [5, 5.41) is 5.74. The molecule has 29 heavy (non-hydrogen) atoms. The van der Waals surface area contributed by atoms with E-state index >= 15 is 0 Å². The first-order chi connectivity index (χ1) is 14.0. The zero-order valence-corrected chi connectivity index (χ0v) is 16.5. The van der Waals surface area contributed by atoms with Crippen LogP contribution in [0.25, 0.3) is 0 Å². The van der Waals surface area contributed by atoms with E-state index < -0.39 is 0 Å². The van der Waals surface area contributed by atoms with E-state index in [2.05, 4.69) is 10.6 Å². The first-order valence-electron chi connectivity index (χ1n) is 9.02. The standard InChI is InChI=1S/C23H22N2O4/c1-15-13-18(10-11-19(15)25-22(26)16-7-5-4-6-8-16)24-23(27)17-9-12-20(28-2)21(14-17)29-3/h4-14H,1-3H3,(H,24,27)(H,25,26). The Balaban J connectivity index is 1.72. The molecule has 0 heterocycles. The Bertz CT molecular complexity index is 1030. The van der Waals surface area contributed by atoms with Gasteiger partial charge in [0, 0.05) is 22.5 Å². The molecule has 0 aromatic heterocycles. The van der Waals surface area contributed by atoms with Crippen molar-refractivity contribution in [2.24, 2.45) is 0 Å². The minimum absolute atomic E-state index is 0.184. The lowest BCUT2D eigenvalue weighted by molar-refractivity contribution is 0.101. The fourth-order valence-corrected chi connectivity index (χ4v) is 2.85. The van der Waals surface area contributed by atoms with Gasteiger partial charge >= 0.3 is 0 Å². The Kier molecular flexibility index (Phi) is 6.14. The fourth-order valence-electron chi connectivity index (χ4n) is 2.85. The number of benzene rings is 3. The largest absolute Gasteiger partial charge is 0.493 e. The second-order valence-corrected chi connectivity index (χ2v) is 6.37. The molecule has 0 radical (unpaired) electrons. The van der Waals surface area contributed by atoms with Gasteiger partial charge in [0.25, 0.3) is 11.8 Å². The SMILES string of the molecule is COc1ccc(C(=O)Nc2ccc(NC(=O)c3ccccc3)c(C)c2)cc1OC. The van der Waals surface area contributed by atoms with Crippen LogP contribution >= 0.6 is 0 Å². The topological polar surface area (TPSA) is 76.7 Å². The molecule has 0 saturated heterocycles. The van der Waals surface area contributed by atoms with Gasteiger partial charge < -0.3 is 20.1 Å². The van der Waals surface area contributed by atoms with Crippen LogP contribution in [0.15, 0.2) is 66.7 Å². The maximum Gasteiger partial charge on any atom is 0.255 e. The van der Waals surface area contributed by atoms with Crippen LogP contribution in [0.3, 0.4) is 0 Å². The van der Waals surface area contributed by atoms with Crippen molar-refractivity contribution < 1.29 is 19.1 Å². The summed E-state index contributed by atoms with van der Waals surface area (Å²) in [6.45, 7) is 1.87. The van der Waals surface area contributed by atoms with E-state index in [1.54, 1.807) is 55.6 Å². The minimum atomic E-state index is -0.272. The Morgan fingerprint density at radius 1 is 0.724 bits per heavy atom. The number of amides is 2. The van der Waals surface area contributed by atoms with Gasteiger partial charge in [-0.05, 0) is 61.0 Å². The van der Waals surface area contributed by atoms with Gasteiger partial charge in [-0.15, -0.1) is 0 Å². The molecule has 2 amide bonds. The second kappa shape index (κ2) is 8.93. The van der Waals surface area contributed by atoms with E-state index in [0.29, 0.717) is 34.0 Å². The van der Waals surface area contributed by atoms with Crippen LogP contribution in [0.4, 0.5) is 11.4 Å². The van der Waals surface area contributed by atoms with Crippen LogP contribution in [0.5, 0.6) is 11.5 Å². The van der Waals surface area contributed by atoms with Crippen molar-refractivity contribution in [3.63, 3.8) is 0 Å². The van der Waals surface area contributed by atoms with Crippen LogP contribution in [-0.2, 0) is 0 Å². The van der Waals surface area contributed by atoms with E-state index in [0.717, 1.165) is 5.56 Å². The zero-order chi connectivity index (χ0) is 20.8. The highest BCUT2D eigenvalue weighted by molar-refractivity contribution is 6.06. The van der Waals surface area contributed by atoms with Crippen molar-refractivity contribution in [1.29, 1.82) is 0 Å². The van der Waals surface area contributed by atoms with Gasteiger partial charge in [-0.25, -0.2) is 0 Å². The van der Waals surface area contributed by atoms with Crippen molar-refractivity contribution in [3.8, 4) is 11.5 Å². The number of aryl methyl sites for hydroxylation is 1. The highest BCUT2D eigenvalue weighted by atomic mass is 16.5. The van der Waals surface area contributed by atoms with E-state index in [-0.39, 0.29) is 11.8 Å². The number of hydrogen-bond acceptors (Lipinski definition) is 4. The van der Waals surface area contributed by atoms with Crippen LogP contribution in [0, 0.1) is 6.92 Å². The maximum atomic E-state index is 12.6. The second-order valence-electron chi connectivity index (χ2n) is 6.37. The van der Waals surface area contributed by atoms with Gasteiger partial charge in [0.2, 0.25) is 0 Å².